The van der Waals surface area contributed by atoms with Crippen molar-refractivity contribution >= 4 is 55.9 Å². The number of carbonyl (C=O) groups is 1. The third kappa shape index (κ3) is 5.87. The van der Waals surface area contributed by atoms with E-state index in [1.54, 1.807) is 61.5 Å². The van der Waals surface area contributed by atoms with Crippen LogP contribution in [0.4, 0.5) is 5.69 Å². The Morgan fingerprint density at radius 1 is 1.08 bits per heavy atom. The van der Waals surface area contributed by atoms with Crippen molar-refractivity contribution in [1.29, 1.82) is 0 Å². The maximum Gasteiger partial charge on any atom is 0.266 e. The fraction of sp³-hybridized carbons (Fsp3) is 0.222. The van der Waals surface area contributed by atoms with Gasteiger partial charge in [-0.1, -0.05) is 41.6 Å². The number of halogens is 1. The summed E-state index contributed by atoms with van der Waals surface area (Å²) in [5, 5.41) is 4.14. The van der Waals surface area contributed by atoms with E-state index in [9.17, 15) is 18.0 Å². The minimum atomic E-state index is -3.72. The zero-order valence-electron chi connectivity index (χ0n) is 21.0. The van der Waals surface area contributed by atoms with Crippen LogP contribution in [0.25, 0.3) is 16.6 Å². The predicted octanol–water partition coefficient (Wildman–Crippen LogP) is 4.10. The van der Waals surface area contributed by atoms with Gasteiger partial charge in [0.05, 0.1) is 40.5 Å². The molecule has 2 heterocycles. The van der Waals surface area contributed by atoms with Crippen LogP contribution in [-0.4, -0.2) is 60.2 Å². The van der Waals surface area contributed by atoms with Crippen LogP contribution in [0.15, 0.2) is 81.6 Å². The standard InChI is InChI=1S/C27H25ClN4O5S2/c1-18-6-11-21(39(35,36)31-12-14-37-15-13-31)16-24(18)29-25(33)17-38-27-30-23-5-3-2-4-22(23)26(34)32(27)20-9-7-19(28)8-10-20/h2-11,16H,12-15,17H2,1H3,(H,29,33). The van der Waals surface area contributed by atoms with E-state index in [4.69, 9.17) is 16.3 Å². The fourth-order valence-corrected chi connectivity index (χ4v) is 6.55. The van der Waals surface area contributed by atoms with Crippen molar-refractivity contribution in [1.82, 2.24) is 13.9 Å². The van der Waals surface area contributed by atoms with Gasteiger partial charge in [0.25, 0.3) is 5.56 Å². The Hall–Kier alpha value is -3.22. The molecule has 0 saturated carbocycles. The van der Waals surface area contributed by atoms with Gasteiger partial charge in [0, 0.05) is 23.8 Å². The van der Waals surface area contributed by atoms with Crippen molar-refractivity contribution in [3.05, 3.63) is 87.7 Å². The zero-order chi connectivity index (χ0) is 27.6. The summed E-state index contributed by atoms with van der Waals surface area (Å²) < 4.78 is 34.3. The Morgan fingerprint density at radius 2 is 1.79 bits per heavy atom. The fourth-order valence-electron chi connectivity index (χ4n) is 4.18. The number of aromatic nitrogens is 2. The molecular formula is C27H25ClN4O5S2. The lowest BCUT2D eigenvalue weighted by Gasteiger charge is -2.26. The Kier molecular flexibility index (Phi) is 8.06. The predicted molar refractivity (Wildman–Crippen MR) is 152 cm³/mol. The highest BCUT2D eigenvalue weighted by Gasteiger charge is 2.27. The number of nitrogens with zero attached hydrogens (tertiary/aromatic N) is 3. The van der Waals surface area contributed by atoms with Gasteiger partial charge in [0.1, 0.15) is 0 Å². The molecule has 39 heavy (non-hydrogen) atoms. The van der Waals surface area contributed by atoms with Gasteiger partial charge in [-0.15, -0.1) is 0 Å². The van der Waals surface area contributed by atoms with Crippen molar-refractivity contribution in [3.63, 3.8) is 0 Å². The van der Waals surface area contributed by atoms with E-state index in [0.29, 0.717) is 45.7 Å². The Morgan fingerprint density at radius 3 is 2.54 bits per heavy atom. The molecule has 0 unspecified atom stereocenters. The number of hydrogen-bond acceptors (Lipinski definition) is 7. The van der Waals surface area contributed by atoms with Crippen molar-refractivity contribution in [2.24, 2.45) is 0 Å². The SMILES string of the molecule is Cc1ccc(S(=O)(=O)N2CCOCC2)cc1NC(=O)CSc1nc2ccccc2c(=O)n1-c1ccc(Cl)cc1. The number of hydrogen-bond donors (Lipinski definition) is 1. The normalized spacial score (nSPS) is 14.4. The average Bonchev–Trinajstić information content (AvgIpc) is 2.94. The van der Waals surface area contributed by atoms with E-state index in [0.717, 1.165) is 17.3 Å². The van der Waals surface area contributed by atoms with Gasteiger partial charge in [-0.25, -0.2) is 13.4 Å². The quantitative estimate of drug-likeness (QED) is 0.257. The number of nitrogens with one attached hydrogen (secondary N) is 1. The first kappa shape index (κ1) is 27.4. The molecular weight excluding hydrogens is 560 g/mol. The van der Waals surface area contributed by atoms with Crippen molar-refractivity contribution in [3.8, 4) is 5.69 Å². The van der Waals surface area contributed by atoms with Gasteiger partial charge in [-0.05, 0) is 61.0 Å². The minimum Gasteiger partial charge on any atom is -0.379 e. The number of fused-ring (bicyclic) bond motifs is 1. The van der Waals surface area contributed by atoms with Gasteiger partial charge in [-0.3, -0.25) is 14.2 Å². The van der Waals surface area contributed by atoms with Gasteiger partial charge >= 0.3 is 0 Å². The molecule has 0 atom stereocenters. The molecule has 9 nitrogen and oxygen atoms in total. The van der Waals surface area contributed by atoms with Crippen LogP contribution in [-0.2, 0) is 19.6 Å². The summed E-state index contributed by atoms with van der Waals surface area (Å²) in [6.45, 7) is 3.04. The highest BCUT2D eigenvalue weighted by atomic mass is 35.5. The van der Waals surface area contributed by atoms with E-state index < -0.39 is 10.0 Å². The number of para-hydroxylation sites is 1. The van der Waals surface area contributed by atoms with E-state index >= 15 is 0 Å². The maximum atomic E-state index is 13.4. The molecule has 1 amide bonds. The topological polar surface area (TPSA) is 111 Å². The molecule has 0 spiro atoms. The molecule has 1 aromatic heterocycles. The first-order valence-electron chi connectivity index (χ1n) is 12.1. The molecule has 1 fully saturated rings. The van der Waals surface area contributed by atoms with Gasteiger partial charge in [0.2, 0.25) is 15.9 Å². The van der Waals surface area contributed by atoms with Crippen molar-refractivity contribution in [2.75, 3.05) is 37.4 Å². The Labute approximate surface area is 234 Å². The summed E-state index contributed by atoms with van der Waals surface area (Å²) in [6, 6.07) is 18.5. The number of amides is 1. The zero-order valence-corrected chi connectivity index (χ0v) is 23.4. The van der Waals surface area contributed by atoms with Crippen molar-refractivity contribution in [2.45, 2.75) is 17.0 Å². The number of thioether (sulfide) groups is 1. The molecule has 0 radical (unpaired) electrons. The first-order valence-corrected chi connectivity index (χ1v) is 14.9. The van der Waals surface area contributed by atoms with Crippen LogP contribution < -0.4 is 10.9 Å². The van der Waals surface area contributed by atoms with Gasteiger partial charge in [-0.2, -0.15) is 4.31 Å². The monoisotopic (exact) mass is 584 g/mol. The largest absolute Gasteiger partial charge is 0.379 e. The molecule has 1 aliphatic rings. The number of ether oxygens (including phenoxy) is 1. The van der Waals surface area contributed by atoms with E-state index in [-0.39, 0.29) is 35.2 Å². The summed E-state index contributed by atoms with van der Waals surface area (Å²) in [5.41, 5.74) is 1.95. The molecule has 0 bridgehead atoms. The second kappa shape index (κ2) is 11.5. The number of benzene rings is 3. The minimum absolute atomic E-state index is 0.0573. The molecule has 1 N–H and O–H groups in total. The smallest absolute Gasteiger partial charge is 0.266 e. The Balaban J connectivity index is 1.39. The van der Waals surface area contributed by atoms with Crippen LogP contribution in [0, 0.1) is 6.92 Å². The van der Waals surface area contributed by atoms with Crippen LogP contribution in [0.3, 0.4) is 0 Å². The molecule has 12 heteroatoms. The van der Waals surface area contributed by atoms with Gasteiger partial charge < -0.3 is 10.1 Å². The lowest BCUT2D eigenvalue weighted by Crippen LogP contribution is -2.40. The second-order valence-corrected chi connectivity index (χ2v) is 12.2. The summed E-state index contributed by atoms with van der Waals surface area (Å²) >= 11 is 7.15. The summed E-state index contributed by atoms with van der Waals surface area (Å²) in [7, 11) is -3.72. The van der Waals surface area contributed by atoms with Crippen LogP contribution in [0.5, 0.6) is 0 Å². The van der Waals surface area contributed by atoms with E-state index in [1.807, 2.05) is 0 Å². The molecule has 0 aliphatic carbocycles. The van der Waals surface area contributed by atoms with Crippen LogP contribution in [0.1, 0.15) is 5.56 Å². The van der Waals surface area contributed by atoms with E-state index in [1.165, 1.54) is 21.0 Å². The molecule has 1 aliphatic heterocycles. The number of sulfonamides is 1. The molecule has 1 saturated heterocycles. The first-order chi connectivity index (χ1) is 18.7. The average molecular weight is 585 g/mol. The third-order valence-electron chi connectivity index (χ3n) is 6.25. The van der Waals surface area contributed by atoms with Crippen molar-refractivity contribution < 1.29 is 17.9 Å². The third-order valence-corrected chi connectivity index (χ3v) is 9.34. The lowest BCUT2D eigenvalue weighted by molar-refractivity contribution is -0.113. The summed E-state index contributed by atoms with van der Waals surface area (Å²) in [5.74, 6) is -0.424. The van der Waals surface area contributed by atoms with Crippen LogP contribution in [0.2, 0.25) is 5.02 Å². The number of carbonyl (C=O) groups excluding carboxylic acids is 1. The highest BCUT2D eigenvalue weighted by Crippen LogP contribution is 2.26. The second-order valence-electron chi connectivity index (χ2n) is 8.86. The molecule has 202 valence electrons. The van der Waals surface area contributed by atoms with E-state index in [2.05, 4.69) is 10.3 Å². The lowest BCUT2D eigenvalue weighted by atomic mass is 10.2. The Bertz CT molecular complexity index is 1700. The number of morpholine rings is 1. The number of rotatable bonds is 7. The van der Waals surface area contributed by atoms with Crippen LogP contribution >= 0.6 is 23.4 Å². The molecule has 5 rings (SSSR count). The summed E-state index contributed by atoms with van der Waals surface area (Å²) in [6.07, 6.45) is 0. The number of anilines is 1. The number of aryl methyl sites for hydroxylation is 1. The van der Waals surface area contributed by atoms with Gasteiger partial charge in [0.15, 0.2) is 5.16 Å². The summed E-state index contributed by atoms with van der Waals surface area (Å²) in [4.78, 5) is 31.1. The maximum absolute atomic E-state index is 13.4. The highest BCUT2D eigenvalue weighted by molar-refractivity contribution is 7.99. The molecule has 3 aromatic carbocycles. The molecule has 4 aromatic rings.